The second-order valence-electron chi connectivity index (χ2n) is 8.66. The number of carbonyl (C=O) groups is 2. The maximum absolute atomic E-state index is 13.6. The van der Waals surface area contributed by atoms with E-state index in [1.165, 1.54) is 0 Å². The predicted octanol–water partition coefficient (Wildman–Crippen LogP) is 4.92. The van der Waals surface area contributed by atoms with Crippen LogP contribution in [0.4, 0.5) is 0 Å². The third kappa shape index (κ3) is 5.29. The number of nitrogens with one attached hydrogen (secondary N) is 1. The van der Waals surface area contributed by atoms with Crippen LogP contribution in [0, 0.1) is 17.8 Å². The molecule has 0 bridgehead atoms. The van der Waals surface area contributed by atoms with Gasteiger partial charge in [0, 0.05) is 28.5 Å². The van der Waals surface area contributed by atoms with Gasteiger partial charge in [-0.2, -0.15) is 0 Å². The average molecular weight is 409 g/mol. The van der Waals surface area contributed by atoms with Gasteiger partial charge < -0.3 is 11.1 Å². The third-order valence-electron chi connectivity index (χ3n) is 6.07. The molecule has 2 rings (SSSR count). The van der Waals surface area contributed by atoms with E-state index >= 15 is 0 Å². The number of rotatable bonds is 8. The van der Waals surface area contributed by atoms with Crippen LogP contribution in [0.2, 0.25) is 0 Å². The van der Waals surface area contributed by atoms with Crippen molar-refractivity contribution in [3.8, 4) is 0 Å². The highest BCUT2D eigenvalue weighted by Gasteiger charge is 2.35. The van der Waals surface area contributed by atoms with Crippen molar-refractivity contribution >= 4 is 11.6 Å². The third-order valence-corrected chi connectivity index (χ3v) is 6.07. The van der Waals surface area contributed by atoms with E-state index in [4.69, 9.17) is 5.73 Å². The van der Waals surface area contributed by atoms with Gasteiger partial charge in [-0.25, -0.2) is 0 Å². The molecule has 162 valence electrons. The molecule has 0 aromatic heterocycles. The Balaban J connectivity index is 2.49. The lowest BCUT2D eigenvalue weighted by Gasteiger charge is -2.31. The van der Waals surface area contributed by atoms with Crippen LogP contribution in [0.15, 0.2) is 71.1 Å². The highest BCUT2D eigenvalue weighted by atomic mass is 16.1. The van der Waals surface area contributed by atoms with E-state index in [9.17, 15) is 9.59 Å². The van der Waals surface area contributed by atoms with Crippen molar-refractivity contribution in [3.05, 3.63) is 71.1 Å². The second kappa shape index (κ2) is 9.92. The smallest absolute Gasteiger partial charge is 0.189 e. The molecule has 4 heteroatoms. The Morgan fingerprint density at radius 2 is 1.53 bits per heavy atom. The summed E-state index contributed by atoms with van der Waals surface area (Å²) in [4.78, 5) is 26.6. The van der Waals surface area contributed by atoms with Gasteiger partial charge in [-0.15, -0.1) is 0 Å². The van der Waals surface area contributed by atoms with Gasteiger partial charge in [0.15, 0.2) is 11.6 Å². The van der Waals surface area contributed by atoms with Crippen LogP contribution in [0.5, 0.6) is 0 Å². The monoisotopic (exact) mass is 408 g/mol. The van der Waals surface area contributed by atoms with Crippen molar-refractivity contribution in [1.29, 1.82) is 0 Å². The first kappa shape index (κ1) is 23.7. The Labute approximate surface area is 181 Å². The van der Waals surface area contributed by atoms with E-state index in [0.29, 0.717) is 29.0 Å². The molecule has 0 saturated carbocycles. The molecule has 0 heterocycles. The molecule has 4 nitrogen and oxygen atoms in total. The first-order valence-corrected chi connectivity index (χ1v) is 11.0. The first-order chi connectivity index (χ1) is 14.1. The number of nitrogens with two attached hydrogens (primary N) is 1. The molecule has 0 fully saturated rings. The van der Waals surface area contributed by atoms with Crippen molar-refractivity contribution in [3.63, 3.8) is 0 Å². The molecule has 0 radical (unpaired) electrons. The largest absolute Gasteiger partial charge is 0.398 e. The van der Waals surface area contributed by atoms with Crippen LogP contribution < -0.4 is 11.1 Å². The van der Waals surface area contributed by atoms with E-state index < -0.39 is 5.54 Å². The minimum absolute atomic E-state index is 0.0741. The van der Waals surface area contributed by atoms with E-state index in [1.807, 2.05) is 77.2 Å². The van der Waals surface area contributed by atoms with E-state index in [2.05, 4.69) is 12.2 Å². The normalized spacial score (nSPS) is 24.3. The van der Waals surface area contributed by atoms with E-state index in [0.717, 1.165) is 6.42 Å². The summed E-state index contributed by atoms with van der Waals surface area (Å²) in [5.41, 5.74) is 7.61. The number of Topliss-reactive ketones (excluding diaryl/α,β-unsaturated/α-hetero) is 2. The van der Waals surface area contributed by atoms with Crippen molar-refractivity contribution in [2.45, 2.75) is 59.9 Å². The zero-order valence-corrected chi connectivity index (χ0v) is 19.2. The van der Waals surface area contributed by atoms with Crippen LogP contribution in [-0.4, -0.2) is 17.1 Å². The van der Waals surface area contributed by atoms with Gasteiger partial charge in [-0.05, 0) is 43.8 Å². The number of allylic oxidation sites excluding steroid dienone is 9. The fourth-order valence-corrected chi connectivity index (χ4v) is 3.37. The first-order valence-electron chi connectivity index (χ1n) is 11.0. The summed E-state index contributed by atoms with van der Waals surface area (Å²) in [6, 6.07) is 0. The second-order valence-corrected chi connectivity index (χ2v) is 8.66. The Kier molecular flexibility index (Phi) is 7.83. The van der Waals surface area contributed by atoms with Crippen LogP contribution >= 0.6 is 0 Å². The van der Waals surface area contributed by atoms with Crippen LogP contribution in [-0.2, 0) is 9.59 Å². The van der Waals surface area contributed by atoms with Gasteiger partial charge in [0.05, 0.1) is 5.54 Å². The Bertz CT molecular complexity index is 869. The molecule has 2 aliphatic rings. The number of hydrogen-bond donors (Lipinski definition) is 2. The molecule has 4 unspecified atom stereocenters. The summed E-state index contributed by atoms with van der Waals surface area (Å²) in [6.45, 7) is 11.9. The van der Waals surface area contributed by atoms with Crippen LogP contribution in [0.1, 0.15) is 54.4 Å². The summed E-state index contributed by atoms with van der Waals surface area (Å²) < 4.78 is 0. The maximum Gasteiger partial charge on any atom is 0.189 e. The highest BCUT2D eigenvalue weighted by Crippen LogP contribution is 2.26. The molecule has 0 amide bonds. The SMILES string of the molecule is CCC(C)C(=O)C1=C(NC(C)(CC)C(=O)C2=C(N)C=CC(C)C=C2)C=CC(C)C=C1. The van der Waals surface area contributed by atoms with Gasteiger partial charge in [-0.1, -0.05) is 71.1 Å². The summed E-state index contributed by atoms with van der Waals surface area (Å²) >= 11 is 0. The van der Waals surface area contributed by atoms with Gasteiger partial charge >= 0.3 is 0 Å². The maximum atomic E-state index is 13.6. The van der Waals surface area contributed by atoms with E-state index in [1.54, 1.807) is 6.08 Å². The fraction of sp³-hybridized carbons (Fsp3) is 0.462. The Hall–Kier alpha value is -2.62. The molecule has 3 N–H and O–H groups in total. The Morgan fingerprint density at radius 3 is 2.10 bits per heavy atom. The molecule has 0 spiro atoms. The minimum atomic E-state index is -0.895. The summed E-state index contributed by atoms with van der Waals surface area (Å²) in [7, 11) is 0. The summed E-state index contributed by atoms with van der Waals surface area (Å²) in [6.07, 6.45) is 16.8. The Morgan fingerprint density at radius 1 is 1.00 bits per heavy atom. The van der Waals surface area contributed by atoms with Crippen LogP contribution in [0.25, 0.3) is 0 Å². The molecule has 0 aromatic rings. The predicted molar refractivity (Wildman–Crippen MR) is 124 cm³/mol. The van der Waals surface area contributed by atoms with Gasteiger partial charge in [-0.3, -0.25) is 9.59 Å². The minimum Gasteiger partial charge on any atom is -0.398 e. The van der Waals surface area contributed by atoms with Crippen molar-refractivity contribution in [1.82, 2.24) is 5.32 Å². The summed E-state index contributed by atoms with van der Waals surface area (Å²) in [5, 5.41) is 3.43. The molecule has 0 saturated heterocycles. The number of ketones is 2. The topological polar surface area (TPSA) is 72.2 Å². The lowest BCUT2D eigenvalue weighted by molar-refractivity contribution is -0.121. The standard InChI is InChI=1S/C26H36N2O2/c1-7-19(5)24(29)21-14-10-18(4)12-16-23(21)28-26(6,8-2)25(30)20-13-9-17(3)11-15-22(20)27/h9-19,28H,7-8,27H2,1-6H3. The van der Waals surface area contributed by atoms with Crippen molar-refractivity contribution < 1.29 is 9.59 Å². The van der Waals surface area contributed by atoms with Crippen molar-refractivity contribution in [2.24, 2.45) is 23.5 Å². The van der Waals surface area contributed by atoms with Crippen LogP contribution in [0.3, 0.4) is 0 Å². The molecule has 4 atom stereocenters. The number of hydrogen-bond acceptors (Lipinski definition) is 4. The molecular formula is C26H36N2O2. The van der Waals surface area contributed by atoms with Crippen molar-refractivity contribution in [2.75, 3.05) is 0 Å². The fourth-order valence-electron chi connectivity index (χ4n) is 3.37. The zero-order valence-electron chi connectivity index (χ0n) is 19.2. The van der Waals surface area contributed by atoms with Gasteiger partial charge in [0.2, 0.25) is 0 Å². The zero-order chi connectivity index (χ0) is 22.5. The van der Waals surface area contributed by atoms with Gasteiger partial charge in [0.25, 0.3) is 0 Å². The number of carbonyl (C=O) groups excluding carboxylic acids is 2. The molecule has 30 heavy (non-hydrogen) atoms. The quantitative estimate of drug-likeness (QED) is 0.598. The molecule has 0 aromatic carbocycles. The van der Waals surface area contributed by atoms with Gasteiger partial charge in [0.1, 0.15) is 0 Å². The summed E-state index contributed by atoms with van der Waals surface area (Å²) in [5.74, 6) is 0.360. The molecular weight excluding hydrogens is 372 g/mol. The lowest BCUT2D eigenvalue weighted by Crippen LogP contribution is -2.49. The molecule has 0 aliphatic heterocycles. The lowest BCUT2D eigenvalue weighted by atomic mass is 9.86. The highest BCUT2D eigenvalue weighted by molar-refractivity contribution is 6.06. The van der Waals surface area contributed by atoms with E-state index in [-0.39, 0.29) is 29.3 Å². The average Bonchev–Trinajstić information content (AvgIpc) is 3.02. The molecule has 2 aliphatic carbocycles.